The Kier molecular flexibility index (Phi) is 7.80. The summed E-state index contributed by atoms with van der Waals surface area (Å²) in [6.07, 6.45) is 1.07. The minimum atomic E-state index is -3.31. The number of hydrogen-bond donors (Lipinski definition) is 0. The third kappa shape index (κ3) is 6.12. The Morgan fingerprint density at radius 2 is 1.54 bits per heavy atom. The van der Waals surface area contributed by atoms with Gasteiger partial charge in [-0.15, -0.1) is 0 Å². The van der Waals surface area contributed by atoms with Crippen molar-refractivity contribution in [1.29, 1.82) is 0 Å². The lowest BCUT2D eigenvalue weighted by Crippen LogP contribution is -2.00. The molecule has 26 heavy (non-hydrogen) atoms. The van der Waals surface area contributed by atoms with E-state index in [-0.39, 0.29) is 10.8 Å². The van der Waals surface area contributed by atoms with Crippen molar-refractivity contribution >= 4 is 27.1 Å². The van der Waals surface area contributed by atoms with Crippen LogP contribution in [0.2, 0.25) is 5.02 Å². The molecule has 0 spiro atoms. The molecule has 0 heterocycles. The van der Waals surface area contributed by atoms with Gasteiger partial charge in [0.15, 0.2) is 15.5 Å². The molecule has 140 valence electrons. The van der Waals surface area contributed by atoms with Crippen LogP contribution in [0.5, 0.6) is 0 Å². The number of rotatable bonds is 3. The van der Waals surface area contributed by atoms with Crippen molar-refractivity contribution in [3.63, 3.8) is 0 Å². The van der Waals surface area contributed by atoms with Gasteiger partial charge in [0, 0.05) is 11.3 Å². The molecule has 6 heteroatoms. The largest absolute Gasteiger partial charge is 0.238 e. The molecule has 0 radical (unpaired) electrons. The summed E-state index contributed by atoms with van der Waals surface area (Å²) in [5.74, 6) is 0.0174. The first kappa shape index (κ1) is 22.1. The first-order valence-corrected chi connectivity index (χ1v) is 10.4. The summed E-state index contributed by atoms with van der Waals surface area (Å²) in [6, 6.07) is 9.47. The quantitative estimate of drug-likeness (QED) is 0.566. The van der Waals surface area contributed by atoms with Gasteiger partial charge in [-0.3, -0.25) is 0 Å². The molecule has 0 fully saturated rings. The SMILES string of the molecule is CC(C)c1ccc(S(C)(=O)=O)cc1F.[C-]#[N+]c1ccc(C(C)C)c(Cl)c1. The molecule has 2 aromatic carbocycles. The lowest BCUT2D eigenvalue weighted by atomic mass is 10.0. The smallest absolute Gasteiger partial charge is 0.188 e. The molecule has 0 atom stereocenters. The van der Waals surface area contributed by atoms with Crippen molar-refractivity contribution < 1.29 is 12.8 Å². The first-order chi connectivity index (χ1) is 12.0. The van der Waals surface area contributed by atoms with E-state index in [0.717, 1.165) is 17.9 Å². The van der Waals surface area contributed by atoms with E-state index in [0.29, 0.717) is 22.2 Å². The molecule has 3 nitrogen and oxygen atoms in total. The molecule has 0 aliphatic rings. The van der Waals surface area contributed by atoms with Crippen LogP contribution in [-0.2, 0) is 9.84 Å². The second-order valence-corrected chi connectivity index (χ2v) is 9.01. The standard InChI is InChI=1S/C10H10ClN.C10H13FO2S/c1-7(2)9-5-4-8(12-3)6-10(9)11;1-7(2)9-5-4-8(6-10(9)11)14(3,12)13/h4-7H,1-2H3;4-7H,1-3H3. The Bertz CT molecular complexity index is 916. The summed E-state index contributed by atoms with van der Waals surface area (Å²) in [5.41, 5.74) is 2.24. The van der Waals surface area contributed by atoms with Gasteiger partial charge in [-0.05, 0) is 41.2 Å². The number of nitrogens with zero attached hydrogens (tertiary/aromatic N) is 1. The minimum absolute atomic E-state index is 0.0272. The Morgan fingerprint density at radius 3 is 1.92 bits per heavy atom. The zero-order valence-corrected chi connectivity index (χ0v) is 17.1. The summed E-state index contributed by atoms with van der Waals surface area (Å²) in [6.45, 7) is 14.7. The van der Waals surface area contributed by atoms with Gasteiger partial charge in [0.05, 0.1) is 11.5 Å². The van der Waals surface area contributed by atoms with Crippen LogP contribution in [0.4, 0.5) is 10.1 Å². The number of halogens is 2. The summed E-state index contributed by atoms with van der Waals surface area (Å²) in [7, 11) is -3.31. The van der Waals surface area contributed by atoms with Gasteiger partial charge in [-0.1, -0.05) is 57.5 Å². The second-order valence-electron chi connectivity index (χ2n) is 6.58. The van der Waals surface area contributed by atoms with Crippen molar-refractivity contribution in [2.45, 2.75) is 44.4 Å². The van der Waals surface area contributed by atoms with Gasteiger partial charge in [0.2, 0.25) is 0 Å². The number of benzene rings is 2. The number of hydrogen-bond acceptors (Lipinski definition) is 2. The Balaban J connectivity index is 0.000000263. The maximum atomic E-state index is 13.4. The van der Waals surface area contributed by atoms with Gasteiger partial charge in [0.1, 0.15) is 5.82 Å². The van der Waals surface area contributed by atoms with Crippen LogP contribution in [0.3, 0.4) is 0 Å². The van der Waals surface area contributed by atoms with E-state index in [1.807, 2.05) is 19.9 Å². The van der Waals surface area contributed by atoms with Gasteiger partial charge >= 0.3 is 0 Å². The van der Waals surface area contributed by atoms with Crippen LogP contribution in [0.25, 0.3) is 4.85 Å². The Morgan fingerprint density at radius 1 is 1.00 bits per heavy atom. The molecule has 0 saturated carbocycles. The molecule has 2 rings (SSSR count). The zero-order chi connectivity index (χ0) is 20.1. The highest BCUT2D eigenvalue weighted by Gasteiger charge is 2.12. The average molecular weight is 396 g/mol. The maximum absolute atomic E-state index is 13.4. The Hall–Kier alpha value is -1.90. The van der Waals surface area contributed by atoms with Crippen molar-refractivity contribution in [3.8, 4) is 0 Å². The molecular weight excluding hydrogens is 373 g/mol. The van der Waals surface area contributed by atoms with Gasteiger partial charge in [-0.25, -0.2) is 17.7 Å². The van der Waals surface area contributed by atoms with E-state index in [4.69, 9.17) is 18.2 Å². The van der Waals surface area contributed by atoms with E-state index < -0.39 is 15.7 Å². The molecule has 0 aromatic heterocycles. The Labute approximate surface area is 160 Å². The average Bonchev–Trinajstić information content (AvgIpc) is 2.53. The molecule has 0 aliphatic carbocycles. The molecule has 0 bridgehead atoms. The highest BCUT2D eigenvalue weighted by molar-refractivity contribution is 7.90. The van der Waals surface area contributed by atoms with E-state index in [1.165, 1.54) is 12.1 Å². The van der Waals surface area contributed by atoms with Crippen LogP contribution < -0.4 is 0 Å². The van der Waals surface area contributed by atoms with Crippen molar-refractivity contribution in [2.75, 3.05) is 6.26 Å². The summed E-state index contributed by atoms with van der Waals surface area (Å²) in [4.78, 5) is 3.32. The number of sulfone groups is 1. The van der Waals surface area contributed by atoms with Gasteiger partial charge in [-0.2, -0.15) is 0 Å². The molecule has 0 amide bonds. The summed E-state index contributed by atoms with van der Waals surface area (Å²) >= 11 is 5.96. The fourth-order valence-corrected chi connectivity index (χ4v) is 3.29. The molecule has 0 aliphatic heterocycles. The summed E-state index contributed by atoms with van der Waals surface area (Å²) in [5, 5.41) is 0.693. The predicted molar refractivity (Wildman–Crippen MR) is 105 cm³/mol. The predicted octanol–water partition coefficient (Wildman–Crippen LogP) is 6.37. The van der Waals surface area contributed by atoms with Crippen LogP contribution in [0.15, 0.2) is 41.3 Å². The summed E-state index contributed by atoms with van der Waals surface area (Å²) < 4.78 is 35.6. The lowest BCUT2D eigenvalue weighted by molar-refractivity contribution is 0.584. The first-order valence-electron chi connectivity index (χ1n) is 8.13. The third-order valence-electron chi connectivity index (χ3n) is 3.76. The van der Waals surface area contributed by atoms with Gasteiger partial charge in [0.25, 0.3) is 0 Å². The van der Waals surface area contributed by atoms with Crippen LogP contribution in [0.1, 0.15) is 50.7 Å². The fraction of sp³-hybridized carbons (Fsp3) is 0.350. The van der Waals surface area contributed by atoms with Crippen LogP contribution >= 0.6 is 11.6 Å². The minimum Gasteiger partial charge on any atom is -0.238 e. The molecule has 0 saturated heterocycles. The van der Waals surface area contributed by atoms with Crippen molar-refractivity contribution in [3.05, 3.63) is 69.8 Å². The highest BCUT2D eigenvalue weighted by atomic mass is 35.5. The molecule has 0 N–H and O–H groups in total. The van der Waals surface area contributed by atoms with Crippen molar-refractivity contribution in [2.24, 2.45) is 0 Å². The van der Waals surface area contributed by atoms with E-state index in [9.17, 15) is 12.8 Å². The third-order valence-corrected chi connectivity index (χ3v) is 5.19. The lowest BCUT2D eigenvalue weighted by Gasteiger charge is -2.07. The highest BCUT2D eigenvalue weighted by Crippen LogP contribution is 2.28. The second kappa shape index (κ2) is 9.16. The van der Waals surface area contributed by atoms with Gasteiger partial charge < -0.3 is 0 Å². The monoisotopic (exact) mass is 395 g/mol. The molecule has 2 aromatic rings. The maximum Gasteiger partial charge on any atom is 0.188 e. The van der Waals surface area contributed by atoms with Crippen molar-refractivity contribution in [1.82, 2.24) is 0 Å². The molecular formula is C20H23ClFNO2S. The normalized spacial score (nSPS) is 11.1. The topological polar surface area (TPSA) is 38.5 Å². The van der Waals surface area contributed by atoms with Crippen LogP contribution in [-0.4, -0.2) is 14.7 Å². The van der Waals surface area contributed by atoms with Crippen LogP contribution in [0, 0.1) is 12.4 Å². The van der Waals surface area contributed by atoms with E-state index in [1.54, 1.807) is 12.1 Å². The van der Waals surface area contributed by atoms with E-state index in [2.05, 4.69) is 18.7 Å². The van der Waals surface area contributed by atoms with E-state index >= 15 is 0 Å². The fourth-order valence-electron chi connectivity index (χ4n) is 2.26. The molecule has 0 unspecified atom stereocenters. The zero-order valence-electron chi connectivity index (χ0n) is 15.5.